The molecule has 0 saturated heterocycles. The fourth-order valence-electron chi connectivity index (χ4n) is 2.67. The normalized spacial score (nSPS) is 10.6. The third-order valence-electron chi connectivity index (χ3n) is 3.93. The maximum Gasteiger partial charge on any atom is 0.240 e. The predicted molar refractivity (Wildman–Crippen MR) is 93.3 cm³/mol. The van der Waals surface area contributed by atoms with Crippen molar-refractivity contribution in [1.82, 2.24) is 9.88 Å². The number of carbonyl (C=O) groups excluding carboxylic acids is 1. The molecule has 0 spiro atoms. The summed E-state index contributed by atoms with van der Waals surface area (Å²) in [6.07, 6.45) is 1.88. The van der Waals surface area contributed by atoms with Gasteiger partial charge in [-0.2, -0.15) is 0 Å². The average molecular weight is 324 g/mol. The molecule has 3 rings (SSSR count). The standard InChI is InChI=1S/C19H20N2O3/c1-23-15-10-17-16(18(11-15)24-2)8-9-21(17)13-19(22)20-12-14-6-4-3-5-7-14/h3-11H,12-13H2,1-2H3,(H,20,22). The molecule has 5 nitrogen and oxygen atoms in total. The van der Waals surface area contributed by atoms with Crippen molar-refractivity contribution in [1.29, 1.82) is 0 Å². The first-order chi connectivity index (χ1) is 11.7. The molecule has 0 saturated carbocycles. The number of benzene rings is 2. The SMILES string of the molecule is COc1cc(OC)c2ccn(CC(=O)NCc3ccccc3)c2c1. The van der Waals surface area contributed by atoms with E-state index in [1.807, 2.05) is 59.3 Å². The first-order valence-electron chi connectivity index (χ1n) is 7.72. The minimum absolute atomic E-state index is 0.0434. The van der Waals surface area contributed by atoms with Crippen LogP contribution in [-0.2, 0) is 17.9 Å². The molecule has 2 aromatic carbocycles. The van der Waals surface area contributed by atoms with E-state index < -0.39 is 0 Å². The van der Waals surface area contributed by atoms with E-state index >= 15 is 0 Å². The van der Waals surface area contributed by atoms with E-state index in [9.17, 15) is 4.79 Å². The van der Waals surface area contributed by atoms with Crippen LogP contribution in [0.15, 0.2) is 54.7 Å². The second kappa shape index (κ2) is 7.08. The molecule has 5 heteroatoms. The van der Waals surface area contributed by atoms with Gasteiger partial charge in [0.2, 0.25) is 5.91 Å². The van der Waals surface area contributed by atoms with Crippen molar-refractivity contribution in [3.8, 4) is 11.5 Å². The van der Waals surface area contributed by atoms with Crippen LogP contribution in [0.4, 0.5) is 0 Å². The molecule has 0 atom stereocenters. The molecule has 0 unspecified atom stereocenters. The lowest BCUT2D eigenvalue weighted by Gasteiger charge is -2.10. The number of aromatic nitrogens is 1. The van der Waals surface area contributed by atoms with E-state index in [1.54, 1.807) is 14.2 Å². The molecule has 1 aromatic heterocycles. The van der Waals surface area contributed by atoms with E-state index in [2.05, 4.69) is 5.32 Å². The second-order valence-corrected chi connectivity index (χ2v) is 5.47. The number of hydrogen-bond donors (Lipinski definition) is 1. The van der Waals surface area contributed by atoms with Gasteiger partial charge in [0.25, 0.3) is 0 Å². The van der Waals surface area contributed by atoms with Gasteiger partial charge in [0.05, 0.1) is 19.7 Å². The first kappa shape index (κ1) is 15.9. The predicted octanol–water partition coefficient (Wildman–Crippen LogP) is 2.97. The second-order valence-electron chi connectivity index (χ2n) is 5.47. The van der Waals surface area contributed by atoms with Crippen molar-refractivity contribution in [2.45, 2.75) is 13.1 Å². The quantitative estimate of drug-likeness (QED) is 0.758. The monoisotopic (exact) mass is 324 g/mol. The highest BCUT2D eigenvalue weighted by Crippen LogP contribution is 2.31. The molecule has 0 radical (unpaired) electrons. The lowest BCUT2D eigenvalue weighted by molar-refractivity contribution is -0.121. The van der Waals surface area contributed by atoms with Crippen LogP contribution >= 0.6 is 0 Å². The molecule has 0 fully saturated rings. The van der Waals surface area contributed by atoms with Gasteiger partial charge in [-0.3, -0.25) is 4.79 Å². The summed E-state index contributed by atoms with van der Waals surface area (Å²) in [4.78, 5) is 12.2. The van der Waals surface area contributed by atoms with Crippen LogP contribution in [0.25, 0.3) is 10.9 Å². The molecule has 3 aromatic rings. The lowest BCUT2D eigenvalue weighted by Crippen LogP contribution is -2.26. The van der Waals surface area contributed by atoms with Crippen molar-refractivity contribution < 1.29 is 14.3 Å². The summed E-state index contributed by atoms with van der Waals surface area (Å²) in [5.41, 5.74) is 1.98. The van der Waals surface area contributed by atoms with Crippen LogP contribution in [0.1, 0.15) is 5.56 Å². The zero-order valence-electron chi connectivity index (χ0n) is 13.8. The van der Waals surface area contributed by atoms with Gasteiger partial charge in [-0.1, -0.05) is 30.3 Å². The van der Waals surface area contributed by atoms with Gasteiger partial charge in [-0.25, -0.2) is 0 Å². The Hall–Kier alpha value is -2.95. The van der Waals surface area contributed by atoms with Gasteiger partial charge < -0.3 is 19.4 Å². The fourth-order valence-corrected chi connectivity index (χ4v) is 2.67. The van der Waals surface area contributed by atoms with Gasteiger partial charge in [0, 0.05) is 30.3 Å². The Labute approximate surface area is 140 Å². The van der Waals surface area contributed by atoms with Crippen molar-refractivity contribution >= 4 is 16.8 Å². The van der Waals surface area contributed by atoms with Crippen LogP contribution in [0, 0.1) is 0 Å². The van der Waals surface area contributed by atoms with Gasteiger partial charge in [0.1, 0.15) is 18.0 Å². The molecule has 24 heavy (non-hydrogen) atoms. The number of methoxy groups -OCH3 is 2. The van der Waals surface area contributed by atoms with Crippen LogP contribution in [0.2, 0.25) is 0 Å². The van der Waals surface area contributed by atoms with Gasteiger partial charge in [0.15, 0.2) is 0 Å². The number of amides is 1. The van der Waals surface area contributed by atoms with Crippen LogP contribution in [-0.4, -0.2) is 24.7 Å². The van der Waals surface area contributed by atoms with Crippen molar-refractivity contribution in [2.75, 3.05) is 14.2 Å². The summed E-state index contributed by atoms with van der Waals surface area (Å²) in [7, 11) is 3.23. The minimum Gasteiger partial charge on any atom is -0.497 e. The Balaban J connectivity index is 1.76. The van der Waals surface area contributed by atoms with Crippen molar-refractivity contribution in [3.63, 3.8) is 0 Å². The summed E-state index contributed by atoms with van der Waals surface area (Å²) in [6, 6.07) is 15.5. The Morgan fingerprint density at radius 1 is 1.08 bits per heavy atom. The molecule has 1 N–H and O–H groups in total. The summed E-state index contributed by atoms with van der Waals surface area (Å²) >= 11 is 0. The molecule has 0 aliphatic heterocycles. The average Bonchev–Trinajstić information content (AvgIpc) is 3.02. The fraction of sp³-hybridized carbons (Fsp3) is 0.211. The smallest absolute Gasteiger partial charge is 0.240 e. The van der Waals surface area contributed by atoms with E-state index in [0.717, 1.165) is 22.2 Å². The number of fused-ring (bicyclic) bond motifs is 1. The van der Waals surface area contributed by atoms with E-state index in [1.165, 1.54) is 0 Å². The number of nitrogens with one attached hydrogen (secondary N) is 1. The van der Waals surface area contributed by atoms with Gasteiger partial charge in [-0.15, -0.1) is 0 Å². The molecule has 124 valence electrons. The Morgan fingerprint density at radius 3 is 2.58 bits per heavy atom. The van der Waals surface area contributed by atoms with Gasteiger partial charge in [-0.05, 0) is 11.6 Å². The molecule has 0 bridgehead atoms. The topological polar surface area (TPSA) is 52.5 Å². The third kappa shape index (κ3) is 3.35. The van der Waals surface area contributed by atoms with E-state index in [4.69, 9.17) is 9.47 Å². The van der Waals surface area contributed by atoms with Crippen molar-refractivity contribution in [2.24, 2.45) is 0 Å². The van der Waals surface area contributed by atoms with Crippen LogP contribution in [0.3, 0.4) is 0 Å². The maximum atomic E-state index is 12.2. The summed E-state index contributed by atoms with van der Waals surface area (Å²) in [5, 5.41) is 3.89. The summed E-state index contributed by atoms with van der Waals surface area (Å²) < 4.78 is 12.6. The molecular weight excluding hydrogens is 304 g/mol. The molecule has 1 heterocycles. The number of nitrogens with zero attached hydrogens (tertiary/aromatic N) is 1. The molecule has 0 aliphatic carbocycles. The minimum atomic E-state index is -0.0434. The van der Waals surface area contributed by atoms with E-state index in [-0.39, 0.29) is 12.5 Å². The van der Waals surface area contributed by atoms with Gasteiger partial charge >= 0.3 is 0 Å². The molecular formula is C19H20N2O3. The highest BCUT2D eigenvalue weighted by Gasteiger charge is 2.11. The Morgan fingerprint density at radius 2 is 1.88 bits per heavy atom. The Bertz CT molecular complexity index is 840. The molecule has 1 amide bonds. The number of hydrogen-bond acceptors (Lipinski definition) is 3. The highest BCUT2D eigenvalue weighted by molar-refractivity contribution is 5.89. The number of carbonyl (C=O) groups is 1. The van der Waals surface area contributed by atoms with Crippen molar-refractivity contribution in [3.05, 3.63) is 60.3 Å². The lowest BCUT2D eigenvalue weighted by atomic mass is 10.2. The number of ether oxygens (including phenoxy) is 2. The summed E-state index contributed by atoms with van der Waals surface area (Å²) in [6.45, 7) is 0.762. The highest BCUT2D eigenvalue weighted by atomic mass is 16.5. The zero-order valence-corrected chi connectivity index (χ0v) is 13.8. The Kier molecular flexibility index (Phi) is 4.70. The maximum absolute atomic E-state index is 12.2. The number of rotatable bonds is 6. The van der Waals surface area contributed by atoms with Crippen LogP contribution < -0.4 is 14.8 Å². The van der Waals surface area contributed by atoms with E-state index in [0.29, 0.717) is 12.3 Å². The first-order valence-corrected chi connectivity index (χ1v) is 7.72. The zero-order chi connectivity index (χ0) is 16.9. The third-order valence-corrected chi connectivity index (χ3v) is 3.93. The van der Waals surface area contributed by atoms with Crippen LogP contribution in [0.5, 0.6) is 11.5 Å². The summed E-state index contributed by atoms with van der Waals surface area (Å²) in [5.74, 6) is 1.38. The molecule has 0 aliphatic rings. The largest absolute Gasteiger partial charge is 0.497 e.